The van der Waals surface area contributed by atoms with Gasteiger partial charge in [0.05, 0.1) is 12.0 Å². The Bertz CT molecular complexity index is 649. The van der Waals surface area contributed by atoms with Gasteiger partial charge in [-0.2, -0.15) is 0 Å². The summed E-state index contributed by atoms with van der Waals surface area (Å²) in [6.45, 7) is 4.27. The molecule has 0 radical (unpaired) electrons. The van der Waals surface area contributed by atoms with Crippen LogP contribution < -0.4 is 0 Å². The van der Waals surface area contributed by atoms with Crippen molar-refractivity contribution < 1.29 is 14.7 Å². The van der Waals surface area contributed by atoms with Crippen LogP contribution in [0.25, 0.3) is 0 Å². The number of fused-ring (bicyclic) bond motifs is 1. The maximum atomic E-state index is 12.6. The van der Waals surface area contributed by atoms with Crippen molar-refractivity contribution in [2.24, 2.45) is 11.3 Å². The van der Waals surface area contributed by atoms with Gasteiger partial charge in [0.15, 0.2) is 0 Å². The number of halogens is 1. The average Bonchev–Trinajstić information content (AvgIpc) is 3.13. The van der Waals surface area contributed by atoms with Crippen LogP contribution in [0.15, 0.2) is 24.3 Å². The third-order valence-electron chi connectivity index (χ3n) is 6.00. The quantitative estimate of drug-likeness (QED) is 0.824. The fourth-order valence-corrected chi connectivity index (χ4v) is 4.42. The van der Waals surface area contributed by atoms with E-state index in [0.717, 1.165) is 37.8 Å². The number of aliphatic carboxylic acids is 1. The normalized spacial score (nSPS) is 24.8. The summed E-state index contributed by atoms with van der Waals surface area (Å²) in [5, 5.41) is 9.65. The number of carboxylic acids is 1. The molecule has 1 heterocycles. The Morgan fingerprint density at radius 2 is 1.92 bits per heavy atom. The van der Waals surface area contributed by atoms with Crippen molar-refractivity contribution in [3.63, 3.8) is 0 Å². The van der Waals surface area contributed by atoms with Crippen LogP contribution in [-0.2, 0) is 22.6 Å². The second kappa shape index (κ2) is 8.40. The molecule has 1 aliphatic heterocycles. The highest BCUT2D eigenvalue weighted by atomic mass is 35.5. The van der Waals surface area contributed by atoms with Gasteiger partial charge in [-0.25, -0.2) is 0 Å². The van der Waals surface area contributed by atoms with Crippen LogP contribution in [0.5, 0.6) is 0 Å². The first-order valence-corrected chi connectivity index (χ1v) is 9.22. The number of carbonyl (C=O) groups excluding carboxylic acids is 1. The summed E-state index contributed by atoms with van der Waals surface area (Å²) < 4.78 is 0. The van der Waals surface area contributed by atoms with E-state index in [9.17, 15) is 14.7 Å². The molecule has 26 heavy (non-hydrogen) atoms. The number of hydrogen-bond donors (Lipinski definition) is 1. The van der Waals surface area contributed by atoms with Crippen LogP contribution in [0.2, 0.25) is 0 Å². The first-order valence-electron chi connectivity index (χ1n) is 9.22. The van der Waals surface area contributed by atoms with Gasteiger partial charge >= 0.3 is 5.97 Å². The van der Waals surface area contributed by atoms with E-state index in [2.05, 4.69) is 31.2 Å². The number of carboxylic acid groups (broad SMARTS) is 1. The number of hydrogen-bond acceptors (Lipinski definition) is 3. The summed E-state index contributed by atoms with van der Waals surface area (Å²) in [7, 11) is 1.82. The van der Waals surface area contributed by atoms with Gasteiger partial charge < -0.3 is 10.0 Å². The Balaban J connectivity index is 0.00000243. The molecule has 2 atom stereocenters. The molecule has 2 fully saturated rings. The average molecular weight is 381 g/mol. The van der Waals surface area contributed by atoms with Gasteiger partial charge in [0, 0.05) is 26.7 Å². The second-order valence-electron chi connectivity index (χ2n) is 7.64. The molecule has 3 rings (SSSR count). The molecule has 0 bridgehead atoms. The number of likely N-dealkylation sites (tertiary alicyclic amines) is 1. The molecule has 0 unspecified atom stereocenters. The molecule has 1 aromatic rings. The number of nitrogens with zero attached hydrogens (tertiary/aromatic N) is 2. The summed E-state index contributed by atoms with van der Waals surface area (Å²) in [4.78, 5) is 28.1. The molecule has 1 amide bonds. The van der Waals surface area contributed by atoms with E-state index in [1.165, 1.54) is 5.56 Å². The Hall–Kier alpha value is -1.59. The molecule has 1 saturated carbocycles. The highest BCUT2D eigenvalue weighted by Gasteiger charge is 2.54. The lowest BCUT2D eigenvalue weighted by Crippen LogP contribution is -2.40. The monoisotopic (exact) mass is 380 g/mol. The summed E-state index contributed by atoms with van der Waals surface area (Å²) in [5.41, 5.74) is 1.79. The third kappa shape index (κ3) is 4.04. The first kappa shape index (κ1) is 20.7. The minimum atomic E-state index is -0.686. The van der Waals surface area contributed by atoms with Gasteiger partial charge in [0.2, 0.25) is 5.91 Å². The number of benzene rings is 1. The maximum Gasteiger partial charge on any atom is 0.311 e. The van der Waals surface area contributed by atoms with Crippen molar-refractivity contribution in [2.75, 3.05) is 26.7 Å². The minimum Gasteiger partial charge on any atom is -0.481 e. The Kier molecular flexibility index (Phi) is 6.69. The van der Waals surface area contributed by atoms with Crippen LogP contribution in [0.3, 0.4) is 0 Å². The maximum absolute atomic E-state index is 12.6. The number of carbonyl (C=O) groups is 2. The van der Waals surface area contributed by atoms with Crippen molar-refractivity contribution in [3.05, 3.63) is 35.4 Å². The Labute approximate surface area is 161 Å². The van der Waals surface area contributed by atoms with Crippen LogP contribution in [0, 0.1) is 11.3 Å². The van der Waals surface area contributed by atoms with Crippen molar-refractivity contribution in [3.8, 4) is 0 Å². The standard InChI is InChI=1S/C20H28N2O3.ClH/c1-3-15-6-8-16(9-7-15)11-21(2)18(23)13-22-12-17-5-4-10-20(17,14-22)19(24)25;/h6-9,17H,3-5,10-14H2,1-2H3,(H,24,25);1H/t17-,20+;/m0./s1. The van der Waals surface area contributed by atoms with E-state index >= 15 is 0 Å². The van der Waals surface area contributed by atoms with Crippen LogP contribution in [0.4, 0.5) is 0 Å². The molecule has 5 nitrogen and oxygen atoms in total. The lowest BCUT2D eigenvalue weighted by Gasteiger charge is -2.24. The lowest BCUT2D eigenvalue weighted by molar-refractivity contribution is -0.149. The summed E-state index contributed by atoms with van der Waals surface area (Å²) in [6.07, 6.45) is 3.72. The Morgan fingerprint density at radius 1 is 1.27 bits per heavy atom. The topological polar surface area (TPSA) is 60.9 Å². The molecule has 6 heteroatoms. The van der Waals surface area contributed by atoms with Gasteiger partial charge in [-0.05, 0) is 36.3 Å². The Morgan fingerprint density at radius 3 is 2.50 bits per heavy atom. The molecule has 1 saturated heterocycles. The van der Waals surface area contributed by atoms with Crippen molar-refractivity contribution in [2.45, 2.75) is 39.2 Å². The van der Waals surface area contributed by atoms with Crippen molar-refractivity contribution in [1.82, 2.24) is 9.80 Å². The molecule has 1 N–H and O–H groups in total. The van der Waals surface area contributed by atoms with Crippen molar-refractivity contribution in [1.29, 1.82) is 0 Å². The summed E-state index contributed by atoms with van der Waals surface area (Å²) >= 11 is 0. The van der Waals surface area contributed by atoms with Gasteiger partial charge in [0.1, 0.15) is 0 Å². The minimum absolute atomic E-state index is 0. The van der Waals surface area contributed by atoms with Gasteiger partial charge in [0.25, 0.3) is 0 Å². The molecule has 1 aliphatic carbocycles. The van der Waals surface area contributed by atoms with Gasteiger partial charge in [-0.3, -0.25) is 14.5 Å². The predicted octanol–water partition coefficient (Wildman–Crippen LogP) is 2.82. The third-order valence-corrected chi connectivity index (χ3v) is 6.00. The molecule has 144 valence electrons. The number of likely N-dealkylation sites (N-methyl/N-ethyl adjacent to an activating group) is 1. The highest BCUT2D eigenvalue weighted by molar-refractivity contribution is 5.85. The van der Waals surface area contributed by atoms with Crippen LogP contribution in [-0.4, -0.2) is 53.5 Å². The zero-order valence-electron chi connectivity index (χ0n) is 15.6. The summed E-state index contributed by atoms with van der Waals surface area (Å²) in [5.74, 6) is -0.431. The zero-order chi connectivity index (χ0) is 18.0. The van der Waals surface area contributed by atoms with Crippen LogP contribution >= 0.6 is 12.4 Å². The SMILES string of the molecule is CCc1ccc(CN(C)C(=O)CN2C[C@@H]3CCC[C@@]3(C(=O)O)C2)cc1.Cl. The van der Waals surface area contributed by atoms with E-state index in [0.29, 0.717) is 19.6 Å². The molecule has 1 aromatic carbocycles. The van der Waals surface area contributed by atoms with Gasteiger partial charge in [-0.15, -0.1) is 12.4 Å². The van der Waals surface area contributed by atoms with Crippen molar-refractivity contribution >= 4 is 24.3 Å². The lowest BCUT2D eigenvalue weighted by atomic mass is 9.81. The molecule has 2 aliphatic rings. The number of rotatable bonds is 6. The predicted molar refractivity (Wildman–Crippen MR) is 103 cm³/mol. The summed E-state index contributed by atoms with van der Waals surface area (Å²) in [6, 6.07) is 8.35. The van der Waals surface area contributed by atoms with E-state index in [-0.39, 0.29) is 24.2 Å². The molecule has 0 aromatic heterocycles. The number of amides is 1. The van der Waals surface area contributed by atoms with Crippen LogP contribution in [0.1, 0.15) is 37.3 Å². The fourth-order valence-electron chi connectivity index (χ4n) is 4.42. The zero-order valence-corrected chi connectivity index (χ0v) is 16.4. The molecular weight excluding hydrogens is 352 g/mol. The van der Waals surface area contributed by atoms with E-state index in [1.807, 2.05) is 11.9 Å². The first-order chi connectivity index (χ1) is 11.9. The smallest absolute Gasteiger partial charge is 0.311 e. The number of aryl methyl sites for hydroxylation is 1. The van der Waals surface area contributed by atoms with Gasteiger partial charge in [-0.1, -0.05) is 37.6 Å². The largest absolute Gasteiger partial charge is 0.481 e. The molecular formula is C20H29ClN2O3. The van der Waals surface area contributed by atoms with E-state index in [1.54, 1.807) is 4.90 Å². The second-order valence-corrected chi connectivity index (χ2v) is 7.64. The molecule has 0 spiro atoms. The van der Waals surface area contributed by atoms with E-state index in [4.69, 9.17) is 0 Å². The van der Waals surface area contributed by atoms with E-state index < -0.39 is 11.4 Å². The fraction of sp³-hybridized carbons (Fsp3) is 0.600. The highest BCUT2D eigenvalue weighted by Crippen LogP contribution is 2.48.